The van der Waals surface area contributed by atoms with Crippen molar-refractivity contribution in [1.82, 2.24) is 4.98 Å². The third kappa shape index (κ3) is 2.35. The van der Waals surface area contributed by atoms with Gasteiger partial charge >= 0.3 is 0 Å². The van der Waals surface area contributed by atoms with Crippen molar-refractivity contribution in [2.75, 3.05) is 18.5 Å². The minimum Gasteiger partial charge on any atom is -0.359 e. The molecule has 0 aliphatic heterocycles. The molecule has 1 heterocycles. The monoisotopic (exact) mass is 219 g/mol. The zero-order valence-electron chi connectivity index (χ0n) is 10.4. The topological polar surface area (TPSA) is 42.1 Å². The highest BCUT2D eigenvalue weighted by Gasteiger charge is 2.33. The van der Waals surface area contributed by atoms with Crippen LogP contribution in [0.2, 0.25) is 0 Å². The number of rotatable bonds is 4. The molecule has 0 spiro atoms. The molecule has 1 saturated carbocycles. The molecule has 0 saturated heterocycles. The van der Waals surface area contributed by atoms with Crippen LogP contribution in [0.1, 0.15) is 24.6 Å². The second-order valence-corrected chi connectivity index (χ2v) is 4.99. The standard InChI is InChI=1S/C13H21N3/c1-9-6-12(9)8-16(3)13-11(7-14)5-4-10(2)15-13/h4-5,9,12H,6-8,14H2,1-3H3. The molecule has 1 aliphatic rings. The molecular weight excluding hydrogens is 198 g/mol. The van der Waals surface area contributed by atoms with Gasteiger partial charge in [-0.3, -0.25) is 0 Å². The van der Waals surface area contributed by atoms with Crippen molar-refractivity contribution in [3.63, 3.8) is 0 Å². The van der Waals surface area contributed by atoms with Gasteiger partial charge in [0.05, 0.1) is 0 Å². The van der Waals surface area contributed by atoms with Gasteiger partial charge in [0.2, 0.25) is 0 Å². The molecule has 1 fully saturated rings. The van der Waals surface area contributed by atoms with E-state index in [4.69, 9.17) is 5.73 Å². The zero-order valence-corrected chi connectivity index (χ0v) is 10.4. The van der Waals surface area contributed by atoms with Gasteiger partial charge in [0, 0.05) is 31.4 Å². The van der Waals surface area contributed by atoms with Crippen LogP contribution in [0.4, 0.5) is 5.82 Å². The van der Waals surface area contributed by atoms with Crippen LogP contribution in [0.3, 0.4) is 0 Å². The lowest BCUT2D eigenvalue weighted by Crippen LogP contribution is -2.24. The van der Waals surface area contributed by atoms with E-state index < -0.39 is 0 Å². The van der Waals surface area contributed by atoms with Crippen LogP contribution in [0.25, 0.3) is 0 Å². The summed E-state index contributed by atoms with van der Waals surface area (Å²) in [5, 5.41) is 0. The van der Waals surface area contributed by atoms with Gasteiger partial charge in [0.1, 0.15) is 5.82 Å². The van der Waals surface area contributed by atoms with Crippen molar-refractivity contribution in [3.05, 3.63) is 23.4 Å². The van der Waals surface area contributed by atoms with Crippen LogP contribution < -0.4 is 10.6 Å². The molecule has 0 aromatic carbocycles. The quantitative estimate of drug-likeness (QED) is 0.841. The molecule has 1 aromatic rings. The summed E-state index contributed by atoms with van der Waals surface area (Å²) in [5.41, 5.74) is 7.94. The first-order chi connectivity index (χ1) is 7.61. The summed E-state index contributed by atoms with van der Waals surface area (Å²) in [6, 6.07) is 4.11. The molecule has 2 N–H and O–H groups in total. The van der Waals surface area contributed by atoms with Gasteiger partial charge in [-0.05, 0) is 31.2 Å². The Morgan fingerprint density at radius 1 is 1.50 bits per heavy atom. The summed E-state index contributed by atoms with van der Waals surface area (Å²) in [6.45, 7) is 6.00. The molecule has 3 heteroatoms. The smallest absolute Gasteiger partial charge is 0.133 e. The molecule has 0 amide bonds. The van der Waals surface area contributed by atoms with Gasteiger partial charge in [-0.2, -0.15) is 0 Å². The minimum atomic E-state index is 0.563. The summed E-state index contributed by atoms with van der Waals surface area (Å²) in [7, 11) is 2.12. The average molecular weight is 219 g/mol. The molecule has 3 nitrogen and oxygen atoms in total. The lowest BCUT2D eigenvalue weighted by Gasteiger charge is -2.21. The Balaban J connectivity index is 2.13. The van der Waals surface area contributed by atoms with E-state index in [2.05, 4.69) is 29.9 Å². The van der Waals surface area contributed by atoms with Crippen molar-refractivity contribution in [1.29, 1.82) is 0 Å². The van der Waals surface area contributed by atoms with Crippen molar-refractivity contribution in [3.8, 4) is 0 Å². The summed E-state index contributed by atoms with van der Waals surface area (Å²) in [5.74, 6) is 2.79. The van der Waals surface area contributed by atoms with E-state index in [-0.39, 0.29) is 0 Å². The highest BCUT2D eigenvalue weighted by molar-refractivity contribution is 5.47. The Hall–Kier alpha value is -1.09. The average Bonchev–Trinajstić information content (AvgIpc) is 2.94. The van der Waals surface area contributed by atoms with Crippen molar-refractivity contribution in [2.45, 2.75) is 26.8 Å². The van der Waals surface area contributed by atoms with E-state index in [1.54, 1.807) is 0 Å². The lowest BCUT2D eigenvalue weighted by atomic mass is 10.2. The maximum absolute atomic E-state index is 5.75. The molecule has 1 aromatic heterocycles. The van der Waals surface area contributed by atoms with Crippen LogP contribution in [-0.4, -0.2) is 18.6 Å². The largest absolute Gasteiger partial charge is 0.359 e. The second-order valence-electron chi connectivity index (χ2n) is 4.99. The molecule has 88 valence electrons. The fraction of sp³-hybridized carbons (Fsp3) is 0.615. The summed E-state index contributed by atoms with van der Waals surface area (Å²) >= 11 is 0. The SMILES string of the molecule is Cc1ccc(CN)c(N(C)CC2CC2C)n1. The summed E-state index contributed by atoms with van der Waals surface area (Å²) in [6.07, 6.45) is 1.36. The van der Waals surface area contributed by atoms with Gasteiger partial charge in [-0.15, -0.1) is 0 Å². The first-order valence-corrected chi connectivity index (χ1v) is 5.99. The van der Waals surface area contributed by atoms with E-state index in [0.29, 0.717) is 6.54 Å². The second kappa shape index (κ2) is 4.42. The van der Waals surface area contributed by atoms with Crippen molar-refractivity contribution >= 4 is 5.82 Å². The van der Waals surface area contributed by atoms with Gasteiger partial charge in [-0.1, -0.05) is 13.0 Å². The number of aromatic nitrogens is 1. The van der Waals surface area contributed by atoms with Crippen molar-refractivity contribution < 1.29 is 0 Å². The molecule has 2 rings (SSSR count). The maximum Gasteiger partial charge on any atom is 0.133 e. The predicted molar refractivity (Wildman–Crippen MR) is 67.4 cm³/mol. The first kappa shape index (κ1) is 11.4. The molecule has 0 bridgehead atoms. The predicted octanol–water partition coefficient (Wildman–Crippen LogP) is 1.94. The number of hydrogen-bond donors (Lipinski definition) is 1. The Bertz CT molecular complexity index is 375. The molecule has 16 heavy (non-hydrogen) atoms. The van der Waals surface area contributed by atoms with Crippen LogP contribution in [0.15, 0.2) is 12.1 Å². The fourth-order valence-corrected chi connectivity index (χ4v) is 2.15. The first-order valence-electron chi connectivity index (χ1n) is 5.99. The summed E-state index contributed by atoms with van der Waals surface area (Å²) in [4.78, 5) is 6.85. The number of anilines is 1. The van der Waals surface area contributed by atoms with Gasteiger partial charge in [0.15, 0.2) is 0 Å². The highest BCUT2D eigenvalue weighted by atomic mass is 15.2. The van der Waals surface area contributed by atoms with Gasteiger partial charge < -0.3 is 10.6 Å². The molecule has 1 aliphatic carbocycles. The normalized spacial score (nSPS) is 23.2. The number of aryl methyl sites for hydroxylation is 1. The van der Waals surface area contributed by atoms with E-state index in [1.807, 2.05) is 13.0 Å². The Labute approximate surface area is 97.7 Å². The van der Waals surface area contributed by atoms with Crippen molar-refractivity contribution in [2.24, 2.45) is 17.6 Å². The van der Waals surface area contributed by atoms with Crippen LogP contribution >= 0.6 is 0 Å². The van der Waals surface area contributed by atoms with E-state index in [0.717, 1.165) is 35.5 Å². The van der Waals surface area contributed by atoms with Gasteiger partial charge in [-0.25, -0.2) is 4.98 Å². The molecule has 2 atom stereocenters. The maximum atomic E-state index is 5.75. The highest BCUT2D eigenvalue weighted by Crippen LogP contribution is 2.38. The van der Waals surface area contributed by atoms with E-state index in [1.165, 1.54) is 6.42 Å². The third-order valence-electron chi connectivity index (χ3n) is 3.46. The molecule has 0 radical (unpaired) electrons. The number of pyridine rings is 1. The van der Waals surface area contributed by atoms with Crippen LogP contribution in [0, 0.1) is 18.8 Å². The van der Waals surface area contributed by atoms with Crippen LogP contribution in [0.5, 0.6) is 0 Å². The van der Waals surface area contributed by atoms with E-state index >= 15 is 0 Å². The fourth-order valence-electron chi connectivity index (χ4n) is 2.15. The Kier molecular flexibility index (Phi) is 3.15. The third-order valence-corrected chi connectivity index (χ3v) is 3.46. The number of nitrogens with two attached hydrogens (primary N) is 1. The molecular formula is C13H21N3. The number of hydrogen-bond acceptors (Lipinski definition) is 3. The Morgan fingerprint density at radius 3 is 2.75 bits per heavy atom. The van der Waals surface area contributed by atoms with Gasteiger partial charge in [0.25, 0.3) is 0 Å². The minimum absolute atomic E-state index is 0.563. The van der Waals surface area contributed by atoms with E-state index in [9.17, 15) is 0 Å². The van der Waals surface area contributed by atoms with Crippen LogP contribution in [-0.2, 0) is 6.54 Å². The Morgan fingerprint density at radius 2 is 2.19 bits per heavy atom. The zero-order chi connectivity index (χ0) is 11.7. The lowest BCUT2D eigenvalue weighted by molar-refractivity contribution is 0.715. The number of nitrogens with zero attached hydrogens (tertiary/aromatic N) is 2. The molecule has 2 unspecified atom stereocenters. The summed E-state index contributed by atoms with van der Waals surface area (Å²) < 4.78 is 0.